The standard InChI is InChI=1S/C11H7BrClFN2/c1-6-2-3-7(14)4-8(6)11-15-5-9(12)10(13)16-11/h2-5H,1H3. The highest BCUT2D eigenvalue weighted by Gasteiger charge is 2.08. The molecule has 0 fully saturated rings. The number of aromatic nitrogens is 2. The van der Waals surface area contributed by atoms with Crippen molar-refractivity contribution in [3.8, 4) is 11.4 Å². The minimum atomic E-state index is -0.316. The monoisotopic (exact) mass is 300 g/mol. The summed E-state index contributed by atoms with van der Waals surface area (Å²) >= 11 is 9.07. The van der Waals surface area contributed by atoms with Crippen LogP contribution in [0, 0.1) is 12.7 Å². The highest BCUT2D eigenvalue weighted by atomic mass is 79.9. The van der Waals surface area contributed by atoms with E-state index in [4.69, 9.17) is 11.6 Å². The fraction of sp³-hybridized carbons (Fsp3) is 0.0909. The van der Waals surface area contributed by atoms with Crippen molar-refractivity contribution in [2.45, 2.75) is 6.92 Å². The number of hydrogen-bond acceptors (Lipinski definition) is 2. The van der Waals surface area contributed by atoms with Crippen molar-refractivity contribution in [2.75, 3.05) is 0 Å². The lowest BCUT2D eigenvalue weighted by atomic mass is 10.1. The number of rotatable bonds is 1. The summed E-state index contributed by atoms with van der Waals surface area (Å²) < 4.78 is 13.7. The molecule has 0 spiro atoms. The first-order valence-electron chi connectivity index (χ1n) is 4.52. The molecule has 82 valence electrons. The van der Waals surface area contributed by atoms with Gasteiger partial charge in [-0.25, -0.2) is 14.4 Å². The Hall–Kier alpha value is -1.000. The van der Waals surface area contributed by atoms with E-state index in [1.807, 2.05) is 6.92 Å². The first-order valence-corrected chi connectivity index (χ1v) is 5.69. The topological polar surface area (TPSA) is 25.8 Å². The van der Waals surface area contributed by atoms with E-state index in [1.165, 1.54) is 12.1 Å². The Morgan fingerprint density at radius 1 is 1.38 bits per heavy atom. The van der Waals surface area contributed by atoms with Crippen LogP contribution in [0.15, 0.2) is 28.9 Å². The third kappa shape index (κ3) is 2.23. The van der Waals surface area contributed by atoms with Gasteiger partial charge in [-0.15, -0.1) is 0 Å². The zero-order chi connectivity index (χ0) is 11.7. The van der Waals surface area contributed by atoms with Gasteiger partial charge in [-0.1, -0.05) is 17.7 Å². The number of nitrogens with zero attached hydrogens (tertiary/aromatic N) is 2. The van der Waals surface area contributed by atoms with Crippen molar-refractivity contribution in [3.05, 3.63) is 45.4 Å². The molecule has 2 nitrogen and oxygen atoms in total. The largest absolute Gasteiger partial charge is 0.235 e. The second kappa shape index (κ2) is 4.47. The molecule has 16 heavy (non-hydrogen) atoms. The molecule has 0 aliphatic carbocycles. The first-order chi connectivity index (χ1) is 7.58. The maximum Gasteiger partial charge on any atom is 0.161 e. The van der Waals surface area contributed by atoms with Gasteiger partial charge in [0.2, 0.25) is 0 Å². The molecule has 2 aromatic rings. The Morgan fingerprint density at radius 3 is 2.81 bits per heavy atom. The summed E-state index contributed by atoms with van der Waals surface area (Å²) in [6.45, 7) is 1.87. The first kappa shape index (κ1) is 11.5. The van der Waals surface area contributed by atoms with Crippen molar-refractivity contribution in [1.82, 2.24) is 9.97 Å². The van der Waals surface area contributed by atoms with Gasteiger partial charge < -0.3 is 0 Å². The molecule has 0 saturated carbocycles. The second-order valence-electron chi connectivity index (χ2n) is 3.29. The molecule has 1 heterocycles. The van der Waals surface area contributed by atoms with Crippen LogP contribution in [-0.2, 0) is 0 Å². The molecule has 0 aliphatic rings. The molecule has 0 bridgehead atoms. The van der Waals surface area contributed by atoms with E-state index >= 15 is 0 Å². The minimum absolute atomic E-state index is 0.314. The maximum atomic E-state index is 13.1. The highest BCUT2D eigenvalue weighted by molar-refractivity contribution is 9.10. The maximum absolute atomic E-state index is 13.1. The van der Waals surface area contributed by atoms with Crippen LogP contribution in [0.2, 0.25) is 5.15 Å². The summed E-state index contributed by atoms with van der Waals surface area (Å²) in [6.07, 6.45) is 1.55. The predicted octanol–water partition coefficient (Wildman–Crippen LogP) is 4.01. The van der Waals surface area contributed by atoms with Crippen LogP contribution in [0.1, 0.15) is 5.56 Å². The van der Waals surface area contributed by atoms with E-state index in [0.717, 1.165) is 5.56 Å². The Morgan fingerprint density at radius 2 is 2.12 bits per heavy atom. The number of hydrogen-bond donors (Lipinski definition) is 0. The molecule has 1 aromatic heterocycles. The van der Waals surface area contributed by atoms with Gasteiger partial charge in [0, 0.05) is 11.8 Å². The van der Waals surface area contributed by atoms with E-state index in [-0.39, 0.29) is 5.82 Å². The van der Waals surface area contributed by atoms with E-state index in [1.54, 1.807) is 12.3 Å². The summed E-state index contributed by atoms with van der Waals surface area (Å²) in [5.74, 6) is 0.105. The molecule has 1 aromatic carbocycles. The lowest BCUT2D eigenvalue weighted by Gasteiger charge is -2.05. The van der Waals surface area contributed by atoms with E-state index in [9.17, 15) is 4.39 Å². The van der Waals surface area contributed by atoms with Gasteiger partial charge in [-0.2, -0.15) is 0 Å². The molecular weight excluding hydrogens is 294 g/mol. The van der Waals surface area contributed by atoms with Crippen LogP contribution in [0.4, 0.5) is 4.39 Å². The van der Waals surface area contributed by atoms with Crippen molar-refractivity contribution in [1.29, 1.82) is 0 Å². The average Bonchev–Trinajstić information content (AvgIpc) is 2.26. The summed E-state index contributed by atoms with van der Waals surface area (Å²) in [4.78, 5) is 8.19. The van der Waals surface area contributed by atoms with Gasteiger partial charge in [0.15, 0.2) is 5.82 Å². The molecule has 0 aliphatic heterocycles. The van der Waals surface area contributed by atoms with Crippen molar-refractivity contribution in [2.24, 2.45) is 0 Å². The van der Waals surface area contributed by atoms with Crippen molar-refractivity contribution >= 4 is 27.5 Å². The van der Waals surface area contributed by atoms with Gasteiger partial charge in [0.05, 0.1) is 4.47 Å². The number of halogens is 3. The van der Waals surface area contributed by atoms with Gasteiger partial charge >= 0.3 is 0 Å². The minimum Gasteiger partial charge on any atom is -0.235 e. The normalized spacial score (nSPS) is 10.5. The quantitative estimate of drug-likeness (QED) is 0.744. The highest BCUT2D eigenvalue weighted by Crippen LogP contribution is 2.25. The molecule has 0 N–H and O–H groups in total. The van der Waals surface area contributed by atoms with E-state index < -0.39 is 0 Å². The van der Waals surface area contributed by atoms with E-state index in [0.29, 0.717) is 21.0 Å². The second-order valence-corrected chi connectivity index (χ2v) is 4.50. The average molecular weight is 302 g/mol. The Kier molecular flexibility index (Phi) is 3.21. The molecule has 5 heteroatoms. The van der Waals surface area contributed by atoms with E-state index in [2.05, 4.69) is 25.9 Å². The zero-order valence-corrected chi connectivity index (χ0v) is 10.7. The Bertz CT molecular complexity index is 546. The fourth-order valence-electron chi connectivity index (χ4n) is 1.31. The van der Waals surface area contributed by atoms with Crippen LogP contribution in [0.5, 0.6) is 0 Å². The van der Waals surface area contributed by atoms with Gasteiger partial charge in [0.1, 0.15) is 11.0 Å². The Labute approximate surface area is 106 Å². The molecule has 0 radical (unpaired) electrons. The number of benzene rings is 1. The molecular formula is C11H7BrClFN2. The molecule has 0 atom stereocenters. The summed E-state index contributed by atoms with van der Waals surface area (Å²) in [7, 11) is 0. The molecule has 0 amide bonds. The fourth-order valence-corrected chi connectivity index (χ4v) is 1.63. The van der Waals surface area contributed by atoms with Crippen LogP contribution >= 0.6 is 27.5 Å². The molecule has 0 saturated heterocycles. The summed E-state index contributed by atoms with van der Waals surface area (Å²) in [5.41, 5.74) is 1.55. The molecule has 2 rings (SSSR count). The van der Waals surface area contributed by atoms with Crippen molar-refractivity contribution in [3.63, 3.8) is 0 Å². The van der Waals surface area contributed by atoms with Crippen LogP contribution < -0.4 is 0 Å². The number of aryl methyl sites for hydroxylation is 1. The van der Waals surface area contributed by atoms with Gasteiger partial charge in [-0.3, -0.25) is 0 Å². The third-order valence-electron chi connectivity index (χ3n) is 2.14. The smallest absolute Gasteiger partial charge is 0.161 e. The van der Waals surface area contributed by atoms with Gasteiger partial charge in [-0.05, 0) is 40.5 Å². The van der Waals surface area contributed by atoms with Gasteiger partial charge in [0.25, 0.3) is 0 Å². The van der Waals surface area contributed by atoms with Crippen molar-refractivity contribution < 1.29 is 4.39 Å². The van der Waals surface area contributed by atoms with Crippen LogP contribution in [0.3, 0.4) is 0 Å². The Balaban J connectivity index is 2.58. The summed E-state index contributed by atoms with van der Waals surface area (Å²) in [6, 6.07) is 4.48. The molecule has 0 unspecified atom stereocenters. The third-order valence-corrected chi connectivity index (χ3v) is 3.24. The lowest BCUT2D eigenvalue weighted by molar-refractivity contribution is 0.627. The SMILES string of the molecule is Cc1ccc(F)cc1-c1ncc(Br)c(Cl)n1. The van der Waals surface area contributed by atoms with Crippen LogP contribution in [-0.4, -0.2) is 9.97 Å². The predicted molar refractivity (Wildman–Crippen MR) is 64.9 cm³/mol. The summed E-state index contributed by atoms with van der Waals surface area (Å²) in [5, 5.41) is 0.314. The zero-order valence-electron chi connectivity index (χ0n) is 8.34. The van der Waals surface area contributed by atoms with Crippen LogP contribution in [0.25, 0.3) is 11.4 Å². The lowest BCUT2D eigenvalue weighted by Crippen LogP contribution is -1.93.